The molecule has 0 aromatic heterocycles. The second-order valence-corrected chi connectivity index (χ2v) is 4.80. The number of carbonyl (C=O) groups excluding carboxylic acids is 2. The summed E-state index contributed by atoms with van der Waals surface area (Å²) in [6, 6.07) is 12.3. The van der Waals surface area contributed by atoms with Gasteiger partial charge in [0.25, 0.3) is 11.6 Å². The fourth-order valence-corrected chi connectivity index (χ4v) is 1.98. The molecule has 0 fully saturated rings. The molecule has 2 amide bonds. The Balaban J connectivity index is 1.96. The van der Waals surface area contributed by atoms with E-state index in [4.69, 9.17) is 0 Å². The van der Waals surface area contributed by atoms with Gasteiger partial charge < -0.3 is 10.6 Å². The van der Waals surface area contributed by atoms with Crippen molar-refractivity contribution < 1.29 is 14.5 Å². The van der Waals surface area contributed by atoms with Crippen molar-refractivity contribution in [2.75, 3.05) is 12.4 Å². The molecule has 0 aliphatic rings. The number of anilines is 1. The Morgan fingerprint density at radius 1 is 1.04 bits per heavy atom. The first-order valence-electron chi connectivity index (χ1n) is 6.85. The fraction of sp³-hybridized carbons (Fsp3) is 0.125. The number of hydrogen-bond acceptors (Lipinski definition) is 4. The minimum absolute atomic E-state index is 0.0149. The number of rotatable bonds is 5. The fourth-order valence-electron chi connectivity index (χ4n) is 1.98. The molecule has 2 aromatic carbocycles. The van der Waals surface area contributed by atoms with Gasteiger partial charge >= 0.3 is 0 Å². The molecule has 2 N–H and O–H groups in total. The highest BCUT2D eigenvalue weighted by Crippen LogP contribution is 2.14. The Labute approximate surface area is 132 Å². The molecule has 0 atom stereocenters. The second-order valence-electron chi connectivity index (χ2n) is 4.80. The molecule has 23 heavy (non-hydrogen) atoms. The average molecular weight is 313 g/mol. The van der Waals surface area contributed by atoms with Gasteiger partial charge in [0.1, 0.15) is 0 Å². The zero-order valence-electron chi connectivity index (χ0n) is 12.4. The summed E-state index contributed by atoms with van der Waals surface area (Å²) in [4.78, 5) is 33.5. The third-order valence-corrected chi connectivity index (χ3v) is 3.17. The normalized spacial score (nSPS) is 9.96. The smallest absolute Gasteiger partial charge is 0.269 e. The van der Waals surface area contributed by atoms with Crippen LogP contribution in [-0.4, -0.2) is 23.8 Å². The van der Waals surface area contributed by atoms with E-state index in [-0.39, 0.29) is 23.9 Å². The molecule has 2 rings (SSSR count). The minimum Gasteiger partial charge on any atom is -0.355 e. The van der Waals surface area contributed by atoms with E-state index in [0.717, 1.165) is 0 Å². The SMILES string of the molecule is CNC(=O)c1ccc(NC(=O)Cc2ccc([N+](=O)[O-])cc2)cc1. The van der Waals surface area contributed by atoms with Gasteiger partial charge in [0.05, 0.1) is 11.3 Å². The third kappa shape index (κ3) is 4.37. The predicted molar refractivity (Wildman–Crippen MR) is 85.3 cm³/mol. The van der Waals surface area contributed by atoms with Crippen LogP contribution in [0, 0.1) is 10.1 Å². The summed E-state index contributed by atoms with van der Waals surface area (Å²) in [7, 11) is 1.54. The molecule has 0 aliphatic heterocycles. The quantitative estimate of drug-likeness (QED) is 0.652. The molecule has 0 saturated carbocycles. The highest BCUT2D eigenvalue weighted by molar-refractivity contribution is 5.96. The summed E-state index contributed by atoms with van der Waals surface area (Å²) in [6.07, 6.45) is 0.106. The van der Waals surface area contributed by atoms with Crippen LogP contribution in [0.4, 0.5) is 11.4 Å². The summed E-state index contributed by atoms with van der Waals surface area (Å²) in [5.41, 5.74) is 1.74. The van der Waals surface area contributed by atoms with E-state index in [1.54, 1.807) is 43.4 Å². The topological polar surface area (TPSA) is 101 Å². The summed E-state index contributed by atoms with van der Waals surface area (Å²) >= 11 is 0. The van der Waals surface area contributed by atoms with Crippen molar-refractivity contribution in [1.29, 1.82) is 0 Å². The highest BCUT2D eigenvalue weighted by atomic mass is 16.6. The van der Waals surface area contributed by atoms with E-state index in [1.807, 2.05) is 0 Å². The molecule has 0 spiro atoms. The van der Waals surface area contributed by atoms with Crippen molar-refractivity contribution in [3.05, 3.63) is 69.8 Å². The van der Waals surface area contributed by atoms with Gasteiger partial charge in [0.2, 0.25) is 5.91 Å². The van der Waals surface area contributed by atoms with Gasteiger partial charge in [-0.3, -0.25) is 19.7 Å². The maximum Gasteiger partial charge on any atom is 0.269 e. The molecule has 0 bridgehead atoms. The molecular formula is C16H15N3O4. The number of amides is 2. The van der Waals surface area contributed by atoms with Crippen LogP contribution in [0.25, 0.3) is 0 Å². The Hall–Kier alpha value is -3.22. The molecular weight excluding hydrogens is 298 g/mol. The number of nitrogens with one attached hydrogen (secondary N) is 2. The van der Waals surface area contributed by atoms with Gasteiger partial charge in [0.15, 0.2) is 0 Å². The number of carbonyl (C=O) groups is 2. The molecule has 7 heteroatoms. The van der Waals surface area contributed by atoms with Crippen LogP contribution < -0.4 is 10.6 Å². The lowest BCUT2D eigenvalue weighted by Crippen LogP contribution is -2.18. The van der Waals surface area contributed by atoms with Gasteiger partial charge in [-0.2, -0.15) is 0 Å². The van der Waals surface area contributed by atoms with Crippen molar-refractivity contribution in [2.24, 2.45) is 0 Å². The Morgan fingerprint density at radius 2 is 1.65 bits per heavy atom. The Bertz CT molecular complexity index is 724. The van der Waals surface area contributed by atoms with Crippen LogP contribution in [0.1, 0.15) is 15.9 Å². The molecule has 0 unspecified atom stereocenters. The van der Waals surface area contributed by atoms with Crippen LogP contribution in [0.5, 0.6) is 0 Å². The lowest BCUT2D eigenvalue weighted by Gasteiger charge is -2.06. The van der Waals surface area contributed by atoms with Gasteiger partial charge in [-0.15, -0.1) is 0 Å². The van der Waals surface area contributed by atoms with Crippen LogP contribution in [0.3, 0.4) is 0 Å². The van der Waals surface area contributed by atoms with Crippen LogP contribution in [0.2, 0.25) is 0 Å². The van der Waals surface area contributed by atoms with E-state index >= 15 is 0 Å². The lowest BCUT2D eigenvalue weighted by atomic mass is 10.1. The molecule has 118 valence electrons. The molecule has 0 radical (unpaired) electrons. The largest absolute Gasteiger partial charge is 0.355 e. The molecule has 0 saturated heterocycles. The maximum atomic E-state index is 12.0. The monoisotopic (exact) mass is 313 g/mol. The van der Waals surface area contributed by atoms with Crippen LogP contribution >= 0.6 is 0 Å². The predicted octanol–water partition coefficient (Wildman–Crippen LogP) is 2.14. The molecule has 0 heterocycles. The van der Waals surface area contributed by atoms with Gasteiger partial charge in [-0.05, 0) is 29.8 Å². The number of nitro groups is 1. The molecule has 0 aliphatic carbocycles. The summed E-state index contributed by atoms with van der Waals surface area (Å²) in [5.74, 6) is -0.444. The zero-order chi connectivity index (χ0) is 16.8. The van der Waals surface area contributed by atoms with E-state index in [0.29, 0.717) is 16.8 Å². The van der Waals surface area contributed by atoms with E-state index in [2.05, 4.69) is 10.6 Å². The summed E-state index contributed by atoms with van der Waals surface area (Å²) in [5, 5.41) is 15.8. The number of nitrogens with zero attached hydrogens (tertiary/aromatic N) is 1. The van der Waals surface area contributed by atoms with Crippen LogP contribution in [-0.2, 0) is 11.2 Å². The first-order chi connectivity index (χ1) is 11.0. The highest BCUT2D eigenvalue weighted by Gasteiger charge is 2.08. The van der Waals surface area contributed by atoms with E-state index < -0.39 is 4.92 Å². The minimum atomic E-state index is -0.488. The molecule has 2 aromatic rings. The summed E-state index contributed by atoms with van der Waals surface area (Å²) < 4.78 is 0. The van der Waals surface area contributed by atoms with Crippen molar-refractivity contribution in [1.82, 2.24) is 5.32 Å². The van der Waals surface area contributed by atoms with Crippen molar-refractivity contribution in [2.45, 2.75) is 6.42 Å². The van der Waals surface area contributed by atoms with Crippen LogP contribution in [0.15, 0.2) is 48.5 Å². The number of non-ortho nitro benzene ring substituents is 1. The second kappa shape index (κ2) is 7.17. The standard InChI is InChI=1S/C16H15N3O4/c1-17-16(21)12-4-6-13(7-5-12)18-15(20)10-11-2-8-14(9-3-11)19(22)23/h2-9H,10H2,1H3,(H,17,21)(H,18,20). The van der Waals surface area contributed by atoms with Gasteiger partial charge in [-0.25, -0.2) is 0 Å². The number of hydrogen-bond donors (Lipinski definition) is 2. The molecule has 7 nitrogen and oxygen atoms in total. The first-order valence-corrected chi connectivity index (χ1v) is 6.85. The van der Waals surface area contributed by atoms with Gasteiger partial charge in [-0.1, -0.05) is 12.1 Å². The number of benzene rings is 2. The Morgan fingerprint density at radius 3 is 2.17 bits per heavy atom. The lowest BCUT2D eigenvalue weighted by molar-refractivity contribution is -0.384. The average Bonchev–Trinajstić information content (AvgIpc) is 2.55. The first kappa shape index (κ1) is 16.2. The van der Waals surface area contributed by atoms with Crippen molar-refractivity contribution >= 4 is 23.2 Å². The Kier molecular flexibility index (Phi) is 5.03. The zero-order valence-corrected chi connectivity index (χ0v) is 12.4. The summed E-state index contributed by atoms with van der Waals surface area (Å²) in [6.45, 7) is 0. The third-order valence-electron chi connectivity index (χ3n) is 3.17. The number of nitro benzene ring substituents is 1. The van der Waals surface area contributed by atoms with Crippen molar-refractivity contribution in [3.63, 3.8) is 0 Å². The van der Waals surface area contributed by atoms with E-state index in [1.165, 1.54) is 12.1 Å². The van der Waals surface area contributed by atoms with Gasteiger partial charge in [0, 0.05) is 30.4 Å². The van der Waals surface area contributed by atoms with Crippen molar-refractivity contribution in [3.8, 4) is 0 Å². The maximum absolute atomic E-state index is 12.0. The van der Waals surface area contributed by atoms with E-state index in [9.17, 15) is 19.7 Å².